The van der Waals surface area contributed by atoms with E-state index < -0.39 is 23.1 Å². The van der Waals surface area contributed by atoms with Crippen LogP contribution in [0, 0.1) is 18.6 Å². The number of nitrogens with one attached hydrogen (secondary N) is 1. The van der Waals surface area contributed by atoms with Crippen molar-refractivity contribution < 1.29 is 18.3 Å². The molecule has 2 rings (SSSR count). The van der Waals surface area contributed by atoms with Crippen molar-refractivity contribution in [2.24, 2.45) is 0 Å². The quantitative estimate of drug-likeness (QED) is 0.872. The van der Waals surface area contributed by atoms with Crippen molar-refractivity contribution in [2.75, 3.05) is 19.1 Å². The molecule has 1 aliphatic heterocycles. The van der Waals surface area contributed by atoms with Crippen LogP contribution in [-0.4, -0.2) is 30.5 Å². The topological polar surface area (TPSA) is 38.3 Å². The van der Waals surface area contributed by atoms with Crippen molar-refractivity contribution >= 4 is 17.5 Å². The summed E-state index contributed by atoms with van der Waals surface area (Å²) in [4.78, 5) is 12.2. The van der Waals surface area contributed by atoms with Crippen molar-refractivity contribution in [1.82, 2.24) is 5.32 Å². The number of hydrogen-bond acceptors (Lipinski definition) is 2. The average molecular weight is 304 g/mol. The fourth-order valence-electron chi connectivity index (χ4n) is 2.19. The monoisotopic (exact) mass is 303 g/mol. The zero-order valence-corrected chi connectivity index (χ0v) is 11.9. The summed E-state index contributed by atoms with van der Waals surface area (Å²) in [5, 5.41) is 2.77. The lowest BCUT2D eigenvalue weighted by Gasteiger charge is -2.36. The molecule has 0 aliphatic carbocycles. The smallest absolute Gasteiger partial charge is 0.254 e. The first-order valence-electron chi connectivity index (χ1n) is 6.39. The van der Waals surface area contributed by atoms with E-state index in [2.05, 4.69) is 5.32 Å². The summed E-state index contributed by atoms with van der Waals surface area (Å²) in [6.07, 6.45) is 1.15. The third kappa shape index (κ3) is 3.10. The van der Waals surface area contributed by atoms with E-state index in [1.54, 1.807) is 0 Å². The molecule has 1 fully saturated rings. The second-order valence-corrected chi connectivity index (χ2v) is 5.33. The van der Waals surface area contributed by atoms with Gasteiger partial charge in [-0.2, -0.15) is 0 Å². The molecular weight excluding hydrogens is 288 g/mol. The maximum atomic E-state index is 13.7. The van der Waals surface area contributed by atoms with Gasteiger partial charge >= 0.3 is 0 Å². The predicted molar refractivity (Wildman–Crippen MR) is 72.1 cm³/mol. The lowest BCUT2D eigenvalue weighted by molar-refractivity contribution is 0.0432. The summed E-state index contributed by atoms with van der Waals surface area (Å²) in [6.45, 7) is 2.48. The Labute approximate surface area is 121 Å². The molecule has 0 aromatic heterocycles. The van der Waals surface area contributed by atoms with Gasteiger partial charge in [-0.15, -0.1) is 11.6 Å². The van der Waals surface area contributed by atoms with Crippen LogP contribution < -0.4 is 5.32 Å². The minimum Gasteiger partial charge on any atom is -0.381 e. The van der Waals surface area contributed by atoms with Crippen LogP contribution in [0.25, 0.3) is 0 Å². The number of halogens is 3. The molecule has 1 aromatic carbocycles. The average Bonchev–Trinajstić information content (AvgIpc) is 2.43. The van der Waals surface area contributed by atoms with Gasteiger partial charge in [0.25, 0.3) is 5.91 Å². The molecule has 0 bridgehead atoms. The first-order valence-corrected chi connectivity index (χ1v) is 6.93. The number of alkyl halides is 1. The van der Waals surface area contributed by atoms with Gasteiger partial charge in [0.2, 0.25) is 0 Å². The highest BCUT2D eigenvalue weighted by atomic mass is 35.5. The lowest BCUT2D eigenvalue weighted by Crippen LogP contribution is -2.53. The number of ether oxygens (including phenoxy) is 1. The van der Waals surface area contributed by atoms with E-state index in [4.69, 9.17) is 16.3 Å². The number of carbonyl (C=O) groups is 1. The van der Waals surface area contributed by atoms with E-state index in [1.807, 2.05) is 0 Å². The Balaban J connectivity index is 2.21. The van der Waals surface area contributed by atoms with E-state index in [0.717, 1.165) is 6.07 Å². The third-order valence-electron chi connectivity index (χ3n) is 3.58. The SMILES string of the molecule is Cc1cc(C(=O)NC2(CCl)CCOCC2)c(F)cc1F. The maximum Gasteiger partial charge on any atom is 0.254 e. The second kappa shape index (κ2) is 6.06. The second-order valence-electron chi connectivity index (χ2n) is 5.06. The number of amides is 1. The van der Waals surface area contributed by atoms with Gasteiger partial charge < -0.3 is 10.1 Å². The van der Waals surface area contributed by atoms with Gasteiger partial charge in [-0.05, 0) is 31.4 Å². The fraction of sp³-hybridized carbons (Fsp3) is 0.500. The first-order chi connectivity index (χ1) is 9.47. The third-order valence-corrected chi connectivity index (χ3v) is 4.09. The highest BCUT2D eigenvalue weighted by Crippen LogP contribution is 2.23. The number of rotatable bonds is 3. The molecule has 1 saturated heterocycles. The number of benzene rings is 1. The van der Waals surface area contributed by atoms with E-state index in [1.165, 1.54) is 13.0 Å². The van der Waals surface area contributed by atoms with E-state index in [-0.39, 0.29) is 17.0 Å². The highest BCUT2D eigenvalue weighted by molar-refractivity contribution is 6.19. The Hall–Kier alpha value is -1.20. The largest absolute Gasteiger partial charge is 0.381 e. The van der Waals surface area contributed by atoms with Crippen molar-refractivity contribution in [3.8, 4) is 0 Å². The fourth-order valence-corrected chi connectivity index (χ4v) is 2.53. The van der Waals surface area contributed by atoms with Gasteiger partial charge in [-0.1, -0.05) is 0 Å². The summed E-state index contributed by atoms with van der Waals surface area (Å²) in [7, 11) is 0. The van der Waals surface area contributed by atoms with Crippen LogP contribution in [0.3, 0.4) is 0 Å². The zero-order valence-electron chi connectivity index (χ0n) is 11.1. The summed E-state index contributed by atoms with van der Waals surface area (Å²) in [5.41, 5.74) is -0.533. The Morgan fingerprint density at radius 1 is 1.35 bits per heavy atom. The Morgan fingerprint density at radius 3 is 2.60 bits per heavy atom. The van der Waals surface area contributed by atoms with Gasteiger partial charge in [-0.25, -0.2) is 8.78 Å². The minimum atomic E-state index is -0.873. The Kier molecular flexibility index (Phi) is 4.60. The van der Waals surface area contributed by atoms with Crippen molar-refractivity contribution in [3.05, 3.63) is 34.9 Å². The lowest BCUT2D eigenvalue weighted by atomic mass is 9.91. The molecule has 3 nitrogen and oxygen atoms in total. The van der Waals surface area contributed by atoms with Crippen LogP contribution in [0.5, 0.6) is 0 Å². The maximum absolute atomic E-state index is 13.7. The minimum absolute atomic E-state index is 0.167. The standard InChI is InChI=1S/C14H16ClF2NO2/c1-9-6-10(12(17)7-11(9)16)13(19)18-14(8-15)2-4-20-5-3-14/h6-7H,2-5,8H2,1H3,(H,18,19). The first kappa shape index (κ1) is 15.2. The van der Waals surface area contributed by atoms with Gasteiger partial charge in [0.05, 0.1) is 11.1 Å². The molecule has 6 heteroatoms. The molecule has 0 saturated carbocycles. The van der Waals surface area contributed by atoms with Gasteiger partial charge in [-0.3, -0.25) is 4.79 Å². The summed E-state index contributed by atoms with van der Waals surface area (Å²) >= 11 is 5.94. The molecule has 110 valence electrons. The molecule has 0 atom stereocenters. The van der Waals surface area contributed by atoms with Crippen LogP contribution >= 0.6 is 11.6 Å². The van der Waals surface area contributed by atoms with E-state index >= 15 is 0 Å². The Bertz CT molecular complexity index is 516. The van der Waals surface area contributed by atoms with Crippen LogP contribution in [0.4, 0.5) is 8.78 Å². The van der Waals surface area contributed by atoms with Crippen LogP contribution in [0.15, 0.2) is 12.1 Å². The molecule has 20 heavy (non-hydrogen) atoms. The molecule has 1 aliphatic rings. The number of aryl methyl sites for hydroxylation is 1. The van der Waals surface area contributed by atoms with Crippen molar-refractivity contribution in [2.45, 2.75) is 25.3 Å². The Morgan fingerprint density at radius 2 is 2.00 bits per heavy atom. The molecule has 1 amide bonds. The van der Waals surface area contributed by atoms with E-state index in [9.17, 15) is 13.6 Å². The number of hydrogen-bond donors (Lipinski definition) is 1. The summed E-state index contributed by atoms with van der Waals surface area (Å²) in [5.74, 6) is -1.89. The van der Waals surface area contributed by atoms with Crippen molar-refractivity contribution in [1.29, 1.82) is 0 Å². The summed E-state index contributed by atoms with van der Waals surface area (Å²) < 4.78 is 32.2. The molecule has 1 aromatic rings. The van der Waals surface area contributed by atoms with Gasteiger partial charge in [0.15, 0.2) is 0 Å². The molecule has 0 unspecified atom stereocenters. The van der Waals surface area contributed by atoms with Gasteiger partial charge in [0.1, 0.15) is 11.6 Å². The van der Waals surface area contributed by atoms with Gasteiger partial charge in [0, 0.05) is 25.2 Å². The molecule has 1 N–H and O–H groups in total. The van der Waals surface area contributed by atoms with Crippen LogP contribution in [0.1, 0.15) is 28.8 Å². The number of carbonyl (C=O) groups excluding carboxylic acids is 1. The van der Waals surface area contributed by atoms with E-state index in [0.29, 0.717) is 26.1 Å². The van der Waals surface area contributed by atoms with Crippen molar-refractivity contribution in [3.63, 3.8) is 0 Å². The predicted octanol–water partition coefficient (Wildman–Crippen LogP) is 2.79. The van der Waals surface area contributed by atoms with Crippen LogP contribution in [0.2, 0.25) is 0 Å². The highest BCUT2D eigenvalue weighted by Gasteiger charge is 2.34. The zero-order chi connectivity index (χ0) is 14.8. The normalized spacial score (nSPS) is 17.8. The molecule has 1 heterocycles. The van der Waals surface area contributed by atoms with Crippen LogP contribution in [-0.2, 0) is 4.74 Å². The molecular formula is C14H16ClF2NO2. The molecule has 0 spiro atoms. The summed E-state index contributed by atoms with van der Waals surface area (Å²) in [6, 6.07) is 1.93. The molecule has 0 radical (unpaired) electrons.